The van der Waals surface area contributed by atoms with Crippen molar-refractivity contribution in [3.63, 3.8) is 0 Å². The molecule has 0 amide bonds. The number of esters is 2. The van der Waals surface area contributed by atoms with E-state index < -0.39 is 34.8 Å². The molecule has 0 spiro atoms. The smallest absolute Gasteiger partial charge is 0.360 e. The molecule has 0 bridgehead atoms. The van der Waals surface area contributed by atoms with Crippen LogP contribution in [0, 0.1) is 5.92 Å². The van der Waals surface area contributed by atoms with Crippen LogP contribution in [0.2, 0.25) is 0 Å². The maximum Gasteiger partial charge on any atom is 0.360 e. The fourth-order valence-corrected chi connectivity index (χ4v) is 2.70. The van der Waals surface area contributed by atoms with Gasteiger partial charge in [0.1, 0.15) is 0 Å². The molecule has 1 aromatic rings. The lowest BCUT2D eigenvalue weighted by Crippen LogP contribution is -2.62. The molecule has 5 nitrogen and oxygen atoms in total. The van der Waals surface area contributed by atoms with E-state index in [0.717, 1.165) is 0 Å². The van der Waals surface area contributed by atoms with Crippen molar-refractivity contribution in [3.05, 3.63) is 48.6 Å². The van der Waals surface area contributed by atoms with Crippen LogP contribution < -0.4 is 0 Å². The summed E-state index contributed by atoms with van der Waals surface area (Å²) in [6, 6.07) is 8.60. The molecule has 1 aliphatic heterocycles. The van der Waals surface area contributed by atoms with E-state index in [4.69, 9.17) is 9.47 Å². The van der Waals surface area contributed by atoms with Crippen LogP contribution in [0.4, 0.5) is 0 Å². The van der Waals surface area contributed by atoms with Crippen LogP contribution in [-0.4, -0.2) is 23.3 Å². The highest BCUT2D eigenvalue weighted by atomic mass is 16.7. The third kappa shape index (κ3) is 2.75. The van der Waals surface area contributed by atoms with Crippen LogP contribution in [0.15, 0.2) is 43.0 Å². The maximum atomic E-state index is 12.7. The summed E-state index contributed by atoms with van der Waals surface area (Å²) in [5.74, 6) is -2.50. The van der Waals surface area contributed by atoms with Gasteiger partial charge in [0.15, 0.2) is 5.78 Å². The van der Waals surface area contributed by atoms with Crippen molar-refractivity contribution in [1.29, 1.82) is 0 Å². The average molecular weight is 330 g/mol. The Morgan fingerprint density at radius 3 is 2.38 bits per heavy atom. The number of carbonyl (C=O) groups excluding carboxylic acids is 3. The number of hydrogen-bond acceptors (Lipinski definition) is 5. The molecule has 0 saturated carbocycles. The van der Waals surface area contributed by atoms with Gasteiger partial charge in [-0.2, -0.15) is 0 Å². The third-order valence-electron chi connectivity index (χ3n) is 4.50. The Kier molecular flexibility index (Phi) is 4.92. The zero-order chi connectivity index (χ0) is 18.0. The van der Waals surface area contributed by atoms with E-state index in [1.165, 1.54) is 13.0 Å². The van der Waals surface area contributed by atoms with Crippen LogP contribution >= 0.6 is 0 Å². The first kappa shape index (κ1) is 17.9. The van der Waals surface area contributed by atoms with Crippen molar-refractivity contribution in [3.8, 4) is 0 Å². The van der Waals surface area contributed by atoms with Gasteiger partial charge in [-0.25, -0.2) is 9.59 Å². The van der Waals surface area contributed by atoms with Crippen LogP contribution in [0.1, 0.15) is 39.2 Å². The molecule has 128 valence electrons. The summed E-state index contributed by atoms with van der Waals surface area (Å²) in [6.07, 6.45) is 1.81. The Hall–Kier alpha value is -2.43. The third-order valence-corrected chi connectivity index (χ3v) is 4.50. The molecule has 1 heterocycles. The van der Waals surface area contributed by atoms with Gasteiger partial charge in [-0.05, 0) is 13.3 Å². The first-order valence-corrected chi connectivity index (χ1v) is 7.99. The van der Waals surface area contributed by atoms with E-state index in [1.807, 2.05) is 6.92 Å². The molecular weight excluding hydrogens is 308 g/mol. The predicted octanol–water partition coefficient (Wildman–Crippen LogP) is 2.93. The molecule has 0 aliphatic carbocycles. The molecule has 2 rings (SSSR count). The van der Waals surface area contributed by atoms with Gasteiger partial charge < -0.3 is 9.47 Å². The van der Waals surface area contributed by atoms with E-state index in [2.05, 4.69) is 6.58 Å². The molecule has 1 aromatic carbocycles. The highest BCUT2D eigenvalue weighted by Gasteiger charge is 2.60. The standard InChI is InChI=1S/C19H22O5/c1-5-12-19(15(20)13(3)6-2)17(22)23-18(4,16(21)24-19)14-10-8-7-9-11-14/h5,7-11,13H,1,6,12H2,2-4H3/t13?,18-,19+/m0/s1. The van der Waals surface area contributed by atoms with E-state index >= 15 is 0 Å². The van der Waals surface area contributed by atoms with Crippen LogP contribution in [0.3, 0.4) is 0 Å². The lowest BCUT2D eigenvalue weighted by molar-refractivity contribution is -0.226. The number of rotatable bonds is 6. The summed E-state index contributed by atoms with van der Waals surface area (Å²) in [5, 5.41) is 0. The number of hydrogen-bond donors (Lipinski definition) is 0. The highest BCUT2D eigenvalue weighted by molar-refractivity contribution is 6.12. The highest BCUT2D eigenvalue weighted by Crippen LogP contribution is 2.39. The largest absolute Gasteiger partial charge is 0.439 e. The van der Waals surface area contributed by atoms with Crippen molar-refractivity contribution in [1.82, 2.24) is 0 Å². The SMILES string of the molecule is C=CC[C@]1(C(=O)C(C)CC)OC(=O)[C@](C)(c2ccccc2)OC1=O. The second-order valence-electron chi connectivity index (χ2n) is 6.17. The van der Waals surface area contributed by atoms with Gasteiger partial charge in [0, 0.05) is 17.9 Å². The van der Waals surface area contributed by atoms with Gasteiger partial charge in [0.05, 0.1) is 0 Å². The Morgan fingerprint density at radius 1 is 1.21 bits per heavy atom. The summed E-state index contributed by atoms with van der Waals surface area (Å²) < 4.78 is 10.9. The monoisotopic (exact) mass is 330 g/mol. The number of carbonyl (C=O) groups is 3. The average Bonchev–Trinajstić information content (AvgIpc) is 2.59. The van der Waals surface area contributed by atoms with Crippen molar-refractivity contribution in [2.75, 3.05) is 0 Å². The van der Waals surface area contributed by atoms with Crippen molar-refractivity contribution in [2.45, 2.75) is 44.8 Å². The quantitative estimate of drug-likeness (QED) is 0.456. The molecule has 1 saturated heterocycles. The first-order chi connectivity index (χ1) is 11.3. The minimum atomic E-state index is -1.94. The number of ether oxygens (including phenoxy) is 2. The van der Waals surface area contributed by atoms with Crippen LogP contribution in [0.25, 0.3) is 0 Å². The molecule has 24 heavy (non-hydrogen) atoms. The summed E-state index contributed by atoms with van der Waals surface area (Å²) in [5.41, 5.74) is -3.02. The summed E-state index contributed by atoms with van der Waals surface area (Å²) in [7, 11) is 0. The topological polar surface area (TPSA) is 69.7 Å². The summed E-state index contributed by atoms with van der Waals surface area (Å²) in [4.78, 5) is 38.1. The lowest BCUT2D eigenvalue weighted by Gasteiger charge is -2.41. The zero-order valence-electron chi connectivity index (χ0n) is 14.2. The van der Waals surface area contributed by atoms with E-state index in [-0.39, 0.29) is 6.42 Å². The summed E-state index contributed by atoms with van der Waals surface area (Å²) >= 11 is 0. The van der Waals surface area contributed by atoms with Gasteiger partial charge in [-0.15, -0.1) is 6.58 Å². The second-order valence-corrected chi connectivity index (χ2v) is 6.17. The van der Waals surface area contributed by atoms with Gasteiger partial charge in [-0.3, -0.25) is 4.79 Å². The molecule has 0 N–H and O–H groups in total. The molecule has 0 aromatic heterocycles. The molecule has 1 aliphatic rings. The normalized spacial score (nSPS) is 27.8. The first-order valence-electron chi connectivity index (χ1n) is 7.99. The van der Waals surface area contributed by atoms with E-state index in [1.54, 1.807) is 37.3 Å². The molecule has 0 radical (unpaired) electrons. The Morgan fingerprint density at radius 2 is 1.83 bits per heavy atom. The fraction of sp³-hybridized carbons (Fsp3) is 0.421. The Labute approximate surface area is 141 Å². The van der Waals surface area contributed by atoms with Crippen LogP contribution in [-0.2, 0) is 29.5 Å². The lowest BCUT2D eigenvalue weighted by atomic mass is 9.83. The molecule has 1 unspecified atom stereocenters. The predicted molar refractivity (Wildman–Crippen MR) is 88.0 cm³/mol. The van der Waals surface area contributed by atoms with E-state index in [9.17, 15) is 14.4 Å². The van der Waals surface area contributed by atoms with Gasteiger partial charge >= 0.3 is 11.9 Å². The van der Waals surface area contributed by atoms with Crippen molar-refractivity contribution >= 4 is 17.7 Å². The summed E-state index contributed by atoms with van der Waals surface area (Å²) in [6.45, 7) is 8.56. The van der Waals surface area contributed by atoms with E-state index in [0.29, 0.717) is 12.0 Å². The molecular formula is C19H22O5. The number of benzene rings is 1. The van der Waals surface area contributed by atoms with Gasteiger partial charge in [0.25, 0.3) is 5.60 Å². The van der Waals surface area contributed by atoms with Gasteiger partial charge in [-0.1, -0.05) is 50.3 Å². The van der Waals surface area contributed by atoms with Crippen molar-refractivity contribution in [2.24, 2.45) is 5.92 Å². The molecule has 3 atom stereocenters. The fourth-order valence-electron chi connectivity index (χ4n) is 2.70. The second kappa shape index (κ2) is 6.59. The minimum absolute atomic E-state index is 0.106. The Balaban J connectivity index is 2.44. The number of Topliss-reactive ketones (excluding diaryl/α,β-unsaturated/α-hetero) is 1. The zero-order valence-corrected chi connectivity index (χ0v) is 14.2. The number of cyclic esters (lactones) is 2. The molecule has 1 fully saturated rings. The molecule has 5 heteroatoms. The maximum absolute atomic E-state index is 12.7. The van der Waals surface area contributed by atoms with Crippen molar-refractivity contribution < 1.29 is 23.9 Å². The number of ketones is 1. The van der Waals surface area contributed by atoms with Gasteiger partial charge in [0.2, 0.25) is 5.60 Å². The Bertz CT molecular complexity index is 666. The minimum Gasteiger partial charge on any atom is -0.439 e. The van der Waals surface area contributed by atoms with Crippen LogP contribution in [0.5, 0.6) is 0 Å².